The van der Waals surface area contributed by atoms with Crippen molar-refractivity contribution in [2.45, 2.75) is 37.7 Å². The third-order valence-corrected chi connectivity index (χ3v) is 4.34. The first-order valence-corrected chi connectivity index (χ1v) is 7.36. The van der Waals surface area contributed by atoms with Gasteiger partial charge in [0.1, 0.15) is 0 Å². The maximum Gasteiger partial charge on any atom is 0.162 e. The molecule has 1 saturated carbocycles. The van der Waals surface area contributed by atoms with E-state index in [4.69, 9.17) is 0 Å². The molecular formula is C18H18F2O. The van der Waals surface area contributed by atoms with E-state index in [1.165, 1.54) is 37.0 Å². The SMILES string of the molecule is OC(Cc1cccc(F)c1F)c1ccc(C2CCC2)cc1. The molecular weight excluding hydrogens is 270 g/mol. The van der Waals surface area contributed by atoms with Crippen LogP contribution in [0.15, 0.2) is 42.5 Å². The predicted molar refractivity (Wildman–Crippen MR) is 78.1 cm³/mol. The van der Waals surface area contributed by atoms with E-state index in [9.17, 15) is 13.9 Å². The van der Waals surface area contributed by atoms with Crippen LogP contribution in [0.2, 0.25) is 0 Å². The molecule has 0 heterocycles. The average Bonchev–Trinajstić information content (AvgIpc) is 2.43. The van der Waals surface area contributed by atoms with Crippen molar-refractivity contribution in [3.8, 4) is 0 Å². The zero-order valence-corrected chi connectivity index (χ0v) is 11.7. The van der Waals surface area contributed by atoms with Gasteiger partial charge in [0.05, 0.1) is 6.10 Å². The lowest BCUT2D eigenvalue weighted by atomic mass is 9.80. The molecule has 1 aliphatic rings. The van der Waals surface area contributed by atoms with Gasteiger partial charge in [0, 0.05) is 6.42 Å². The molecule has 1 atom stereocenters. The van der Waals surface area contributed by atoms with Gasteiger partial charge < -0.3 is 5.11 Å². The maximum atomic E-state index is 13.6. The molecule has 1 unspecified atom stereocenters. The van der Waals surface area contributed by atoms with Crippen molar-refractivity contribution < 1.29 is 13.9 Å². The van der Waals surface area contributed by atoms with E-state index in [0.717, 1.165) is 11.6 Å². The van der Waals surface area contributed by atoms with Crippen molar-refractivity contribution in [1.82, 2.24) is 0 Å². The molecule has 1 N–H and O–H groups in total. The van der Waals surface area contributed by atoms with Crippen molar-refractivity contribution in [1.29, 1.82) is 0 Å². The lowest BCUT2D eigenvalue weighted by molar-refractivity contribution is 0.176. The highest BCUT2D eigenvalue weighted by molar-refractivity contribution is 5.29. The molecule has 0 radical (unpaired) electrons. The van der Waals surface area contributed by atoms with Gasteiger partial charge in [0.25, 0.3) is 0 Å². The molecule has 110 valence electrons. The first-order valence-electron chi connectivity index (χ1n) is 7.36. The highest BCUT2D eigenvalue weighted by atomic mass is 19.2. The van der Waals surface area contributed by atoms with Crippen molar-refractivity contribution in [3.05, 3.63) is 70.8 Å². The van der Waals surface area contributed by atoms with Crippen molar-refractivity contribution in [2.75, 3.05) is 0 Å². The van der Waals surface area contributed by atoms with Crippen LogP contribution in [0.3, 0.4) is 0 Å². The Morgan fingerprint density at radius 2 is 1.76 bits per heavy atom. The van der Waals surface area contributed by atoms with Gasteiger partial charge in [-0.2, -0.15) is 0 Å². The monoisotopic (exact) mass is 288 g/mol. The third-order valence-electron chi connectivity index (χ3n) is 4.34. The molecule has 2 aromatic rings. The summed E-state index contributed by atoms with van der Waals surface area (Å²) < 4.78 is 26.8. The highest BCUT2D eigenvalue weighted by Crippen LogP contribution is 2.36. The van der Waals surface area contributed by atoms with Crippen LogP contribution in [-0.4, -0.2) is 5.11 Å². The molecule has 1 aliphatic carbocycles. The molecule has 21 heavy (non-hydrogen) atoms. The highest BCUT2D eigenvalue weighted by Gasteiger charge is 2.20. The summed E-state index contributed by atoms with van der Waals surface area (Å²) in [6.07, 6.45) is 3.00. The second-order valence-corrected chi connectivity index (χ2v) is 5.73. The summed E-state index contributed by atoms with van der Waals surface area (Å²) in [5.74, 6) is -1.10. The normalized spacial score (nSPS) is 16.5. The van der Waals surface area contributed by atoms with Crippen molar-refractivity contribution in [3.63, 3.8) is 0 Å². The van der Waals surface area contributed by atoms with Gasteiger partial charge in [-0.05, 0) is 41.5 Å². The van der Waals surface area contributed by atoms with Gasteiger partial charge in [-0.1, -0.05) is 42.8 Å². The van der Waals surface area contributed by atoms with Crippen LogP contribution in [-0.2, 0) is 6.42 Å². The zero-order chi connectivity index (χ0) is 14.8. The first kappa shape index (κ1) is 14.2. The van der Waals surface area contributed by atoms with E-state index in [0.29, 0.717) is 5.92 Å². The Morgan fingerprint density at radius 3 is 2.38 bits per heavy atom. The zero-order valence-electron chi connectivity index (χ0n) is 11.7. The van der Waals surface area contributed by atoms with Crippen LogP contribution in [0, 0.1) is 11.6 Å². The number of aliphatic hydroxyl groups excluding tert-OH is 1. The first-order chi connectivity index (χ1) is 10.1. The number of hydrogen-bond acceptors (Lipinski definition) is 1. The van der Waals surface area contributed by atoms with E-state index in [2.05, 4.69) is 0 Å². The fraction of sp³-hybridized carbons (Fsp3) is 0.333. The topological polar surface area (TPSA) is 20.2 Å². The van der Waals surface area contributed by atoms with Crippen LogP contribution in [0.1, 0.15) is 48.0 Å². The van der Waals surface area contributed by atoms with E-state index in [1.807, 2.05) is 24.3 Å². The molecule has 0 bridgehead atoms. The molecule has 0 amide bonds. The third kappa shape index (κ3) is 2.98. The van der Waals surface area contributed by atoms with Crippen LogP contribution in [0.4, 0.5) is 8.78 Å². The van der Waals surface area contributed by atoms with Gasteiger partial charge in [-0.25, -0.2) is 8.78 Å². The molecule has 0 aromatic heterocycles. The Morgan fingerprint density at radius 1 is 1.05 bits per heavy atom. The summed E-state index contributed by atoms with van der Waals surface area (Å²) in [5.41, 5.74) is 2.24. The second-order valence-electron chi connectivity index (χ2n) is 5.73. The van der Waals surface area contributed by atoms with Crippen LogP contribution < -0.4 is 0 Å². The van der Waals surface area contributed by atoms with Crippen LogP contribution >= 0.6 is 0 Å². The van der Waals surface area contributed by atoms with Gasteiger partial charge >= 0.3 is 0 Å². The molecule has 3 rings (SSSR count). The lowest BCUT2D eigenvalue weighted by Gasteiger charge is -2.26. The van der Waals surface area contributed by atoms with Crippen LogP contribution in [0.5, 0.6) is 0 Å². The molecule has 3 heteroatoms. The summed E-state index contributed by atoms with van der Waals surface area (Å²) in [6, 6.07) is 11.9. The minimum Gasteiger partial charge on any atom is -0.388 e. The minimum atomic E-state index is -0.875. The van der Waals surface area contributed by atoms with Gasteiger partial charge in [0.2, 0.25) is 0 Å². The Labute approximate surface area is 123 Å². The second kappa shape index (κ2) is 5.94. The van der Waals surface area contributed by atoms with Crippen LogP contribution in [0.25, 0.3) is 0 Å². The standard InChI is InChI=1S/C18H18F2O/c19-16-6-2-5-15(18(16)20)11-17(21)14-9-7-13(8-10-14)12-3-1-4-12/h2,5-10,12,17,21H,1,3-4,11H2. The number of benzene rings is 2. The van der Waals surface area contributed by atoms with Crippen molar-refractivity contribution >= 4 is 0 Å². The maximum absolute atomic E-state index is 13.6. The molecule has 0 aliphatic heterocycles. The lowest BCUT2D eigenvalue weighted by Crippen LogP contribution is -2.09. The Kier molecular flexibility index (Phi) is 4.02. The van der Waals surface area contributed by atoms with Crippen molar-refractivity contribution in [2.24, 2.45) is 0 Å². The number of halogens is 2. The smallest absolute Gasteiger partial charge is 0.162 e. The number of rotatable bonds is 4. The van der Waals surface area contributed by atoms with E-state index >= 15 is 0 Å². The quantitative estimate of drug-likeness (QED) is 0.877. The molecule has 2 aromatic carbocycles. The fourth-order valence-corrected chi connectivity index (χ4v) is 2.76. The molecule has 0 spiro atoms. The average molecular weight is 288 g/mol. The van der Waals surface area contributed by atoms with E-state index in [1.54, 1.807) is 0 Å². The fourth-order valence-electron chi connectivity index (χ4n) is 2.76. The van der Waals surface area contributed by atoms with Gasteiger partial charge in [-0.15, -0.1) is 0 Å². The Hall–Kier alpha value is -1.74. The molecule has 1 nitrogen and oxygen atoms in total. The minimum absolute atomic E-state index is 0.0758. The molecule has 1 fully saturated rings. The van der Waals surface area contributed by atoms with Gasteiger partial charge in [-0.3, -0.25) is 0 Å². The summed E-state index contributed by atoms with van der Waals surface area (Å²) in [4.78, 5) is 0. The van der Waals surface area contributed by atoms with E-state index in [-0.39, 0.29) is 12.0 Å². The Bertz CT molecular complexity index is 618. The molecule has 0 saturated heterocycles. The summed E-state index contributed by atoms with van der Waals surface area (Å²) in [6.45, 7) is 0. The predicted octanol–water partition coefficient (Wildman–Crippen LogP) is 4.51. The Balaban J connectivity index is 1.72. The van der Waals surface area contributed by atoms with Gasteiger partial charge in [0.15, 0.2) is 11.6 Å². The number of aliphatic hydroxyl groups is 1. The summed E-state index contributed by atoms with van der Waals surface area (Å²) >= 11 is 0. The summed E-state index contributed by atoms with van der Waals surface area (Å²) in [7, 11) is 0. The largest absolute Gasteiger partial charge is 0.388 e. The number of hydrogen-bond donors (Lipinski definition) is 1. The summed E-state index contributed by atoms with van der Waals surface area (Å²) in [5, 5.41) is 10.2. The van der Waals surface area contributed by atoms with E-state index < -0.39 is 17.7 Å².